The minimum atomic E-state index is -4.20. The smallest absolute Gasteiger partial charge is 0.407 e. The lowest BCUT2D eigenvalue weighted by Crippen LogP contribution is -2.40. The van der Waals surface area contributed by atoms with Gasteiger partial charge in [-0.3, -0.25) is 9.78 Å². The summed E-state index contributed by atoms with van der Waals surface area (Å²) in [6.07, 6.45) is 7.77. The molecule has 48 heavy (non-hydrogen) atoms. The van der Waals surface area contributed by atoms with Crippen molar-refractivity contribution in [2.75, 3.05) is 6.54 Å². The quantitative estimate of drug-likeness (QED) is 0.141. The van der Waals surface area contributed by atoms with Crippen LogP contribution in [0.5, 0.6) is 5.75 Å². The van der Waals surface area contributed by atoms with Crippen molar-refractivity contribution in [1.29, 1.82) is 0 Å². The SMILES string of the molecule is CC(C)(C)OC(=O)NCCCCC(NS(=O)(=O)c1ccc(COC2(c3cnccc3-c3ccccc3OC3CC3)CC2)c(Cl)c1)C(=O)O. The second-order valence-corrected chi connectivity index (χ2v) is 15.3. The van der Waals surface area contributed by atoms with Crippen LogP contribution >= 0.6 is 11.6 Å². The van der Waals surface area contributed by atoms with E-state index >= 15 is 0 Å². The third-order valence-corrected chi connectivity index (χ3v) is 9.85. The molecule has 0 bridgehead atoms. The fourth-order valence-corrected chi connectivity index (χ4v) is 6.80. The lowest BCUT2D eigenvalue weighted by atomic mass is 9.96. The van der Waals surface area contributed by atoms with Crippen molar-refractivity contribution < 1.29 is 37.3 Å². The molecular formula is C35H42ClN3O8S. The molecular weight excluding hydrogens is 658 g/mol. The van der Waals surface area contributed by atoms with Gasteiger partial charge in [-0.1, -0.05) is 35.9 Å². The van der Waals surface area contributed by atoms with Gasteiger partial charge in [0, 0.05) is 35.1 Å². The molecule has 0 aliphatic heterocycles. The highest BCUT2D eigenvalue weighted by molar-refractivity contribution is 7.89. The number of carboxylic acid groups (broad SMARTS) is 1. The van der Waals surface area contributed by atoms with Gasteiger partial charge in [0.2, 0.25) is 10.0 Å². The van der Waals surface area contributed by atoms with Gasteiger partial charge in [0.25, 0.3) is 0 Å². The monoisotopic (exact) mass is 699 g/mol. The molecule has 2 aromatic carbocycles. The van der Waals surface area contributed by atoms with Crippen molar-refractivity contribution >= 4 is 33.7 Å². The number of ether oxygens (including phenoxy) is 3. The van der Waals surface area contributed by atoms with Crippen LogP contribution < -0.4 is 14.8 Å². The number of hydrogen-bond donors (Lipinski definition) is 3. The van der Waals surface area contributed by atoms with Crippen LogP contribution in [0.1, 0.15) is 76.8 Å². The van der Waals surface area contributed by atoms with Gasteiger partial charge in [0.05, 0.1) is 23.2 Å². The van der Waals surface area contributed by atoms with Crippen molar-refractivity contribution in [2.24, 2.45) is 0 Å². The van der Waals surface area contributed by atoms with E-state index in [1.165, 1.54) is 12.1 Å². The second-order valence-electron chi connectivity index (χ2n) is 13.2. The Hall–Kier alpha value is -3.71. The average Bonchev–Trinajstić information content (AvgIpc) is 3.96. The number of carboxylic acids is 1. The van der Waals surface area contributed by atoms with Crippen LogP contribution in [0.2, 0.25) is 5.02 Å². The van der Waals surface area contributed by atoms with Crippen LogP contribution in [-0.4, -0.2) is 54.9 Å². The molecule has 13 heteroatoms. The number of benzene rings is 2. The number of pyridine rings is 1. The summed E-state index contributed by atoms with van der Waals surface area (Å²) < 4.78 is 46.4. The van der Waals surface area contributed by atoms with Crippen molar-refractivity contribution in [2.45, 2.75) is 101 Å². The highest BCUT2D eigenvalue weighted by Gasteiger charge is 2.48. The minimum Gasteiger partial charge on any atom is -0.490 e. The number of unbranched alkanes of at least 4 members (excludes halogenated alkanes) is 1. The number of amides is 1. The van der Waals surface area contributed by atoms with Crippen LogP contribution in [0.25, 0.3) is 11.1 Å². The van der Waals surface area contributed by atoms with Gasteiger partial charge in [0.15, 0.2) is 0 Å². The Bertz CT molecular complexity index is 1740. The number of nitrogens with one attached hydrogen (secondary N) is 2. The molecule has 0 saturated heterocycles. The lowest BCUT2D eigenvalue weighted by Gasteiger charge is -2.22. The van der Waals surface area contributed by atoms with Crippen molar-refractivity contribution in [3.63, 3.8) is 0 Å². The molecule has 0 radical (unpaired) electrons. The fraction of sp³-hybridized carbons (Fsp3) is 0.457. The number of aromatic nitrogens is 1. The number of sulfonamides is 1. The van der Waals surface area contributed by atoms with Crippen LogP contribution in [-0.2, 0) is 36.5 Å². The molecule has 2 aliphatic carbocycles. The maximum absolute atomic E-state index is 13.1. The van der Waals surface area contributed by atoms with Crippen molar-refractivity contribution in [3.05, 3.63) is 77.1 Å². The van der Waals surface area contributed by atoms with Gasteiger partial charge < -0.3 is 24.6 Å². The zero-order chi connectivity index (χ0) is 34.5. The van der Waals surface area contributed by atoms with Gasteiger partial charge in [-0.25, -0.2) is 13.2 Å². The number of alkyl carbamates (subject to hydrolysis) is 1. The van der Waals surface area contributed by atoms with E-state index in [0.717, 1.165) is 48.1 Å². The van der Waals surface area contributed by atoms with E-state index in [1.54, 1.807) is 33.0 Å². The van der Waals surface area contributed by atoms with Crippen LogP contribution in [0.4, 0.5) is 4.79 Å². The van der Waals surface area contributed by atoms with Gasteiger partial charge in [-0.05, 0) is 101 Å². The Kier molecular flexibility index (Phi) is 11.0. The number of para-hydroxylation sites is 1. The predicted octanol–water partition coefficient (Wildman–Crippen LogP) is 6.58. The number of carbonyl (C=O) groups excluding carboxylic acids is 1. The molecule has 1 atom stereocenters. The Morgan fingerprint density at radius 1 is 1.08 bits per heavy atom. The van der Waals surface area contributed by atoms with E-state index in [-0.39, 0.29) is 35.6 Å². The largest absolute Gasteiger partial charge is 0.490 e. The van der Waals surface area contributed by atoms with Gasteiger partial charge in [-0.2, -0.15) is 4.72 Å². The van der Waals surface area contributed by atoms with E-state index in [2.05, 4.69) is 15.0 Å². The van der Waals surface area contributed by atoms with E-state index in [4.69, 9.17) is 25.8 Å². The molecule has 2 saturated carbocycles. The molecule has 0 spiro atoms. The lowest BCUT2D eigenvalue weighted by molar-refractivity contribution is -0.139. The Morgan fingerprint density at radius 2 is 1.83 bits per heavy atom. The summed E-state index contributed by atoms with van der Waals surface area (Å²) in [5, 5.41) is 12.5. The first-order valence-electron chi connectivity index (χ1n) is 16.1. The Balaban J connectivity index is 1.20. The maximum atomic E-state index is 13.1. The third kappa shape index (κ3) is 9.46. The molecule has 1 aromatic heterocycles. The van der Waals surface area contributed by atoms with Crippen molar-refractivity contribution in [3.8, 4) is 16.9 Å². The highest BCUT2D eigenvalue weighted by Crippen LogP contribution is 2.53. The summed E-state index contributed by atoms with van der Waals surface area (Å²) in [7, 11) is -4.20. The number of nitrogens with zero attached hydrogens (tertiary/aromatic N) is 1. The number of hydrogen-bond acceptors (Lipinski definition) is 8. The van der Waals surface area contributed by atoms with E-state index in [0.29, 0.717) is 18.4 Å². The predicted molar refractivity (Wildman–Crippen MR) is 180 cm³/mol. The second kappa shape index (κ2) is 14.8. The van der Waals surface area contributed by atoms with Gasteiger partial charge >= 0.3 is 12.1 Å². The van der Waals surface area contributed by atoms with Gasteiger partial charge in [0.1, 0.15) is 17.4 Å². The van der Waals surface area contributed by atoms with Crippen LogP contribution in [0.3, 0.4) is 0 Å². The minimum absolute atomic E-state index is 0.0276. The molecule has 11 nitrogen and oxygen atoms in total. The molecule has 2 aliphatic rings. The number of aliphatic carboxylic acids is 1. The zero-order valence-corrected chi connectivity index (χ0v) is 28.9. The fourth-order valence-electron chi connectivity index (χ4n) is 5.25. The van der Waals surface area contributed by atoms with E-state index in [9.17, 15) is 23.1 Å². The summed E-state index contributed by atoms with van der Waals surface area (Å²) in [6.45, 7) is 5.65. The normalized spacial score (nSPS) is 16.2. The number of rotatable bonds is 16. The highest BCUT2D eigenvalue weighted by atomic mass is 35.5. The zero-order valence-electron chi connectivity index (χ0n) is 27.3. The summed E-state index contributed by atoms with van der Waals surface area (Å²) in [5.41, 5.74) is 2.32. The topological polar surface area (TPSA) is 153 Å². The van der Waals surface area contributed by atoms with Crippen molar-refractivity contribution in [1.82, 2.24) is 15.0 Å². The Morgan fingerprint density at radius 3 is 2.50 bits per heavy atom. The number of carbonyl (C=O) groups is 2. The van der Waals surface area contributed by atoms with E-state index in [1.807, 2.05) is 36.5 Å². The standard InChI is InChI=1S/C35H42ClN3O8S/c1-34(2,3)47-33(42)38-18-7-6-9-30(32(40)41)39-48(43,44)25-14-11-23(29(36)20-25)22-45-35(16-17-35)28-21-37-19-15-26(28)27-8-4-5-10-31(27)46-24-12-13-24/h4-5,8,10-11,14-15,19-21,24,30,39H,6-7,9,12-13,16-18,22H2,1-3H3,(H,38,42)(H,40,41). The molecule has 2 fully saturated rings. The first-order valence-corrected chi connectivity index (χ1v) is 18.0. The van der Waals surface area contributed by atoms with Crippen LogP contribution in [0, 0.1) is 0 Å². The summed E-state index contributed by atoms with van der Waals surface area (Å²) in [6, 6.07) is 12.8. The molecule has 5 rings (SSSR count). The van der Waals surface area contributed by atoms with E-state index < -0.39 is 39.3 Å². The molecule has 258 valence electrons. The Labute approximate surface area is 286 Å². The van der Waals surface area contributed by atoms with Gasteiger partial charge in [-0.15, -0.1) is 0 Å². The first-order chi connectivity index (χ1) is 22.8. The average molecular weight is 700 g/mol. The first kappa shape index (κ1) is 35.6. The molecule has 1 unspecified atom stereocenters. The molecule has 1 amide bonds. The number of halogens is 1. The summed E-state index contributed by atoms with van der Waals surface area (Å²) in [4.78, 5) is 27.9. The molecule has 3 aromatic rings. The molecule has 1 heterocycles. The summed E-state index contributed by atoms with van der Waals surface area (Å²) >= 11 is 6.55. The summed E-state index contributed by atoms with van der Waals surface area (Å²) in [5.74, 6) is -0.474. The van der Waals surface area contributed by atoms with Crippen LogP contribution in [0.15, 0.2) is 65.8 Å². The third-order valence-electron chi connectivity index (χ3n) is 8.03. The maximum Gasteiger partial charge on any atom is 0.407 e. The molecule has 3 N–H and O–H groups in total.